The predicted molar refractivity (Wildman–Crippen MR) is 284 cm³/mol. The zero-order chi connectivity index (χ0) is 54.4. The Labute approximate surface area is 460 Å². The van der Waals surface area contributed by atoms with E-state index in [0.717, 1.165) is 16.2 Å². The lowest BCUT2D eigenvalue weighted by atomic mass is 9.97. The van der Waals surface area contributed by atoms with Gasteiger partial charge in [0.25, 0.3) is 0 Å². The van der Waals surface area contributed by atoms with Crippen molar-refractivity contribution in [1.29, 1.82) is 0 Å². The molecule has 2 heterocycles. The molecule has 7 aromatic rings. The van der Waals surface area contributed by atoms with Crippen molar-refractivity contribution in [2.24, 2.45) is 0 Å². The van der Waals surface area contributed by atoms with Crippen LogP contribution in [-0.4, -0.2) is 115 Å². The minimum absolute atomic E-state index is 0.0713. The van der Waals surface area contributed by atoms with E-state index in [-0.39, 0.29) is 33.4 Å². The van der Waals surface area contributed by atoms with Crippen molar-refractivity contribution in [2.75, 3.05) is 13.2 Å². The molecule has 0 radical (unpaired) electrons. The standard InChI is InChI=1S/C60H49BrO16S/c61-43-31-33-44(34-32-43)78-60-52(77-58(68)42-29-17-6-18-30-42)50(75-56(66)40-25-13-4-14-26-40)48(73-54(64)38-21-9-2-10-22-38)46(71-60)36-69-59-51(76-57(67)41-27-15-5-16-28-41)49(74-55(65)39-23-11-3-12-24-39)47(45(35-62)70-59)72-53(63)37-19-7-1-8-20-37/h1-34,45-52,59-60,62H,35-36H2/t45-,46-,47+,48+,49+,50+,51-,52-,59-,60+/m1/s1. The summed E-state index contributed by atoms with van der Waals surface area (Å²) in [6.07, 6.45) is -14.7. The van der Waals surface area contributed by atoms with Crippen molar-refractivity contribution in [3.63, 3.8) is 0 Å². The van der Waals surface area contributed by atoms with Gasteiger partial charge in [-0.15, -0.1) is 0 Å². The molecular formula is C60H49BrO16S. The van der Waals surface area contributed by atoms with Crippen LogP contribution in [0.3, 0.4) is 0 Å². The van der Waals surface area contributed by atoms with Gasteiger partial charge in [0, 0.05) is 9.37 Å². The molecule has 0 bridgehead atoms. The maximum absolute atomic E-state index is 14.3. The van der Waals surface area contributed by atoms with E-state index in [1.165, 1.54) is 60.7 Å². The fourth-order valence-corrected chi connectivity index (χ4v) is 9.87. The van der Waals surface area contributed by atoms with E-state index in [1.54, 1.807) is 146 Å². The molecule has 7 aromatic carbocycles. The fraction of sp³-hybridized carbons (Fsp3) is 0.200. The van der Waals surface area contributed by atoms with Crippen LogP contribution in [-0.2, 0) is 42.6 Å². The van der Waals surface area contributed by atoms with E-state index in [2.05, 4.69) is 15.9 Å². The summed E-state index contributed by atoms with van der Waals surface area (Å²) in [6, 6.07) is 54.9. The van der Waals surface area contributed by atoms with Crippen LogP contribution in [0.25, 0.3) is 0 Å². The van der Waals surface area contributed by atoms with Gasteiger partial charge in [-0.25, -0.2) is 28.8 Å². The summed E-state index contributed by atoms with van der Waals surface area (Å²) in [5, 5.41) is 11.0. The average Bonchev–Trinajstić information content (AvgIpc) is 3.63. The van der Waals surface area contributed by atoms with Crippen molar-refractivity contribution in [3.05, 3.63) is 244 Å². The number of aliphatic hydroxyl groups excluding tert-OH is 1. The molecule has 18 heteroatoms. The molecule has 2 saturated heterocycles. The first kappa shape index (κ1) is 54.8. The number of halogens is 1. The topological polar surface area (TPSA) is 206 Å². The van der Waals surface area contributed by atoms with E-state index in [9.17, 15) is 33.9 Å². The lowest BCUT2D eigenvalue weighted by Crippen LogP contribution is -2.64. The highest BCUT2D eigenvalue weighted by Gasteiger charge is 2.56. The van der Waals surface area contributed by atoms with E-state index < -0.39 is 110 Å². The fourth-order valence-electron chi connectivity index (χ4n) is 8.50. The second kappa shape index (κ2) is 26.4. The van der Waals surface area contributed by atoms with Gasteiger partial charge in [-0.05, 0) is 97.1 Å². The van der Waals surface area contributed by atoms with Crippen molar-refractivity contribution in [3.8, 4) is 0 Å². The smallest absolute Gasteiger partial charge is 0.338 e. The zero-order valence-electron chi connectivity index (χ0n) is 41.2. The van der Waals surface area contributed by atoms with Gasteiger partial charge in [-0.1, -0.05) is 137 Å². The Hall–Kier alpha value is -7.97. The SMILES string of the molecule is O=C(O[C@H]1[C@@H](OC(=O)c2ccccc2)[C@@H](CO[C@@H]2O[C@H](CO)[C@H](OC(=O)c3ccccc3)[C@H](OC(=O)c3ccccc3)[C@H]2OC(=O)c2ccccc2)O[C@@H](Sc2ccc(Br)cc2)[C@@H]1OC(=O)c1ccccc1)c1ccccc1. The van der Waals surface area contributed by atoms with E-state index in [4.69, 9.17) is 42.6 Å². The normalized spacial score (nSPS) is 22.6. The summed E-state index contributed by atoms with van der Waals surface area (Å²) < 4.78 is 57.9. The van der Waals surface area contributed by atoms with Gasteiger partial charge >= 0.3 is 35.8 Å². The van der Waals surface area contributed by atoms with Gasteiger partial charge in [-0.3, -0.25) is 0 Å². The van der Waals surface area contributed by atoms with Crippen LogP contribution < -0.4 is 0 Å². The number of rotatable bonds is 18. The zero-order valence-corrected chi connectivity index (χ0v) is 43.6. The lowest BCUT2D eigenvalue weighted by molar-refractivity contribution is -0.309. The van der Waals surface area contributed by atoms with Crippen LogP contribution in [0.1, 0.15) is 62.1 Å². The second-order valence-electron chi connectivity index (χ2n) is 17.6. The van der Waals surface area contributed by atoms with E-state index in [1.807, 2.05) is 0 Å². The first-order valence-electron chi connectivity index (χ1n) is 24.5. The van der Waals surface area contributed by atoms with E-state index in [0.29, 0.717) is 4.90 Å². The largest absolute Gasteiger partial charge is 0.452 e. The molecular weight excluding hydrogens is 1090 g/mol. The molecule has 10 atom stereocenters. The van der Waals surface area contributed by atoms with Crippen LogP contribution in [0.4, 0.5) is 0 Å². The monoisotopic (exact) mass is 1140 g/mol. The number of carbonyl (C=O) groups excluding carboxylic acids is 6. The third-order valence-corrected chi connectivity index (χ3v) is 14.1. The number of thioether (sulfide) groups is 1. The number of benzene rings is 7. The number of hydrogen-bond acceptors (Lipinski definition) is 17. The first-order valence-corrected chi connectivity index (χ1v) is 26.2. The summed E-state index contributed by atoms with van der Waals surface area (Å²) in [5.74, 6) is -5.31. The molecule has 2 fully saturated rings. The minimum atomic E-state index is -1.79. The quantitative estimate of drug-likeness (QED) is 0.0627. The Bertz CT molecular complexity index is 3120. The van der Waals surface area contributed by atoms with Crippen LogP contribution in [0, 0.1) is 0 Å². The second-order valence-corrected chi connectivity index (χ2v) is 19.7. The molecule has 0 amide bonds. The third kappa shape index (κ3) is 13.8. The molecule has 2 aliphatic rings. The highest BCUT2D eigenvalue weighted by Crippen LogP contribution is 2.40. The van der Waals surface area contributed by atoms with E-state index >= 15 is 0 Å². The summed E-state index contributed by atoms with van der Waals surface area (Å²) in [4.78, 5) is 85.6. The molecule has 78 heavy (non-hydrogen) atoms. The highest BCUT2D eigenvalue weighted by molar-refractivity contribution is 9.10. The summed E-state index contributed by atoms with van der Waals surface area (Å²) in [6.45, 7) is -1.50. The Morgan fingerprint density at radius 3 is 1.05 bits per heavy atom. The number of carbonyl (C=O) groups is 6. The first-order chi connectivity index (χ1) is 38.0. The Balaban J connectivity index is 1.13. The van der Waals surface area contributed by atoms with Gasteiger partial charge in [0.15, 0.2) is 42.9 Å². The summed E-state index contributed by atoms with van der Waals surface area (Å²) in [7, 11) is 0. The number of esters is 6. The van der Waals surface area contributed by atoms with Crippen molar-refractivity contribution in [2.45, 2.75) is 65.5 Å². The number of aliphatic hydroxyl groups is 1. The van der Waals surface area contributed by atoms with Gasteiger partial charge in [0.05, 0.1) is 46.6 Å². The maximum atomic E-state index is 14.3. The van der Waals surface area contributed by atoms with Crippen LogP contribution in [0.2, 0.25) is 0 Å². The van der Waals surface area contributed by atoms with Crippen LogP contribution in [0.5, 0.6) is 0 Å². The van der Waals surface area contributed by atoms with Gasteiger partial charge in [0.2, 0.25) is 0 Å². The lowest BCUT2D eigenvalue weighted by Gasteiger charge is -2.46. The summed E-state index contributed by atoms with van der Waals surface area (Å²) in [5.41, 5.74) is -0.629. The highest BCUT2D eigenvalue weighted by atomic mass is 79.9. The van der Waals surface area contributed by atoms with Gasteiger partial charge in [-0.2, -0.15) is 0 Å². The number of hydrogen-bond donors (Lipinski definition) is 1. The molecule has 0 aliphatic carbocycles. The van der Waals surface area contributed by atoms with Gasteiger partial charge < -0.3 is 47.7 Å². The Morgan fingerprint density at radius 2 is 0.692 bits per heavy atom. The molecule has 0 aromatic heterocycles. The Kier molecular flexibility index (Phi) is 18.5. The third-order valence-electron chi connectivity index (χ3n) is 12.4. The Morgan fingerprint density at radius 1 is 0.385 bits per heavy atom. The molecule has 9 rings (SSSR count). The summed E-state index contributed by atoms with van der Waals surface area (Å²) >= 11 is 4.57. The average molecular weight is 1140 g/mol. The maximum Gasteiger partial charge on any atom is 0.338 e. The van der Waals surface area contributed by atoms with Crippen molar-refractivity contribution in [1.82, 2.24) is 0 Å². The number of ether oxygens (including phenoxy) is 9. The molecule has 0 unspecified atom stereocenters. The minimum Gasteiger partial charge on any atom is -0.452 e. The van der Waals surface area contributed by atoms with Crippen molar-refractivity contribution < 1.29 is 76.5 Å². The van der Waals surface area contributed by atoms with Crippen molar-refractivity contribution >= 4 is 63.5 Å². The molecule has 0 spiro atoms. The van der Waals surface area contributed by atoms with Crippen LogP contribution >= 0.6 is 27.7 Å². The molecule has 2 aliphatic heterocycles. The van der Waals surface area contributed by atoms with Gasteiger partial charge in [0.1, 0.15) is 17.6 Å². The molecule has 398 valence electrons. The molecule has 1 N–H and O–H groups in total. The molecule has 0 saturated carbocycles. The predicted octanol–water partition coefficient (Wildman–Crippen LogP) is 9.35. The van der Waals surface area contributed by atoms with Crippen LogP contribution in [0.15, 0.2) is 216 Å². The molecule has 16 nitrogen and oxygen atoms in total.